The number of carbonyl (C=O) groups excluding carboxylic acids is 1. The van der Waals surface area contributed by atoms with Crippen molar-refractivity contribution >= 4 is 35.2 Å². The number of carbonyl (C=O) groups is 2. The molecule has 3 aromatic rings. The van der Waals surface area contributed by atoms with Crippen LogP contribution in [0.25, 0.3) is 11.8 Å². The van der Waals surface area contributed by atoms with E-state index in [0.29, 0.717) is 27.7 Å². The van der Waals surface area contributed by atoms with Crippen LogP contribution < -0.4 is 5.32 Å². The number of benzene rings is 2. The van der Waals surface area contributed by atoms with E-state index in [4.69, 9.17) is 16.7 Å². The molecule has 142 valence electrons. The van der Waals surface area contributed by atoms with Crippen LogP contribution in [0.15, 0.2) is 60.7 Å². The first kappa shape index (κ1) is 19.4. The van der Waals surface area contributed by atoms with Crippen molar-refractivity contribution in [3.05, 3.63) is 82.6 Å². The van der Waals surface area contributed by atoms with Gasteiger partial charge in [-0.05, 0) is 36.8 Å². The molecule has 0 aliphatic rings. The predicted molar refractivity (Wildman–Crippen MR) is 109 cm³/mol. The van der Waals surface area contributed by atoms with Crippen LogP contribution in [-0.2, 0) is 16.0 Å². The molecule has 1 aromatic heterocycles. The minimum atomic E-state index is -0.965. The van der Waals surface area contributed by atoms with E-state index in [-0.39, 0.29) is 12.3 Å². The molecule has 0 aliphatic carbocycles. The Labute approximate surface area is 167 Å². The van der Waals surface area contributed by atoms with Gasteiger partial charge in [-0.1, -0.05) is 48.0 Å². The average Bonchev–Trinajstić information content (AvgIpc) is 2.96. The summed E-state index contributed by atoms with van der Waals surface area (Å²) in [5.74, 6) is -1.35. The molecule has 0 bridgehead atoms. The summed E-state index contributed by atoms with van der Waals surface area (Å²) in [6, 6.07) is 16.2. The Bertz CT molecular complexity index is 1040. The van der Waals surface area contributed by atoms with Gasteiger partial charge in [-0.15, -0.1) is 0 Å². The number of amides is 1. The molecular weight excluding hydrogens is 378 g/mol. The van der Waals surface area contributed by atoms with Gasteiger partial charge in [0.1, 0.15) is 5.15 Å². The topological polar surface area (TPSA) is 84.2 Å². The second-order valence-corrected chi connectivity index (χ2v) is 6.45. The van der Waals surface area contributed by atoms with Gasteiger partial charge in [0.2, 0.25) is 5.91 Å². The summed E-state index contributed by atoms with van der Waals surface area (Å²) in [6.07, 6.45) is 2.77. The Morgan fingerprint density at radius 1 is 1.14 bits per heavy atom. The van der Waals surface area contributed by atoms with Gasteiger partial charge in [-0.2, -0.15) is 5.10 Å². The number of carboxylic acid groups (broad SMARTS) is 1. The minimum Gasteiger partial charge on any atom is -0.481 e. The summed E-state index contributed by atoms with van der Waals surface area (Å²) >= 11 is 6.44. The molecule has 2 aromatic carbocycles. The van der Waals surface area contributed by atoms with Crippen molar-refractivity contribution in [1.29, 1.82) is 0 Å². The van der Waals surface area contributed by atoms with Crippen molar-refractivity contribution in [3.8, 4) is 5.69 Å². The molecule has 0 saturated heterocycles. The lowest BCUT2D eigenvalue weighted by Crippen LogP contribution is -2.11. The number of aliphatic carboxylic acids is 1. The molecule has 7 heteroatoms. The van der Waals surface area contributed by atoms with Crippen LogP contribution in [0.4, 0.5) is 5.69 Å². The van der Waals surface area contributed by atoms with Crippen LogP contribution >= 0.6 is 11.6 Å². The van der Waals surface area contributed by atoms with Crippen molar-refractivity contribution in [2.45, 2.75) is 13.3 Å². The molecule has 0 radical (unpaired) electrons. The summed E-state index contributed by atoms with van der Waals surface area (Å²) in [5.41, 5.74) is 3.14. The zero-order valence-electron chi connectivity index (χ0n) is 15.1. The van der Waals surface area contributed by atoms with Gasteiger partial charge in [0.15, 0.2) is 0 Å². The molecule has 1 amide bonds. The number of carboxylic acids is 1. The van der Waals surface area contributed by atoms with Gasteiger partial charge in [-0.25, -0.2) is 4.68 Å². The highest BCUT2D eigenvalue weighted by Crippen LogP contribution is 2.24. The van der Waals surface area contributed by atoms with Crippen molar-refractivity contribution in [3.63, 3.8) is 0 Å². The Morgan fingerprint density at radius 2 is 1.82 bits per heavy atom. The van der Waals surface area contributed by atoms with Gasteiger partial charge >= 0.3 is 5.97 Å². The number of hydrogen-bond donors (Lipinski definition) is 2. The number of nitrogens with one attached hydrogen (secondary N) is 1. The molecule has 0 aliphatic heterocycles. The number of anilines is 1. The Morgan fingerprint density at radius 3 is 2.54 bits per heavy atom. The van der Waals surface area contributed by atoms with Gasteiger partial charge in [0.25, 0.3) is 0 Å². The maximum Gasteiger partial charge on any atom is 0.307 e. The molecular formula is C21H18ClN3O3. The number of halogens is 1. The number of para-hydroxylation sites is 2. The molecule has 2 N–H and O–H groups in total. The largest absolute Gasteiger partial charge is 0.481 e. The number of nitrogens with zero attached hydrogens (tertiary/aromatic N) is 2. The highest BCUT2D eigenvalue weighted by Gasteiger charge is 2.13. The van der Waals surface area contributed by atoms with E-state index in [1.165, 1.54) is 6.08 Å². The Kier molecular flexibility index (Phi) is 5.91. The molecule has 0 spiro atoms. The standard InChI is InChI=1S/C21H18ClN3O3/c1-14-17(21(22)25(24-14)16-8-3-2-4-9-16)11-12-19(26)23-18-10-6-5-7-15(18)13-20(27)28/h2-12H,13H2,1H3,(H,23,26)(H,27,28)/b12-11+. The third kappa shape index (κ3) is 4.47. The van der Waals surface area contributed by atoms with E-state index in [1.807, 2.05) is 37.3 Å². The fourth-order valence-electron chi connectivity index (χ4n) is 2.73. The van der Waals surface area contributed by atoms with E-state index < -0.39 is 5.97 Å². The predicted octanol–water partition coefficient (Wildman–Crippen LogP) is 4.11. The fourth-order valence-corrected chi connectivity index (χ4v) is 3.07. The minimum absolute atomic E-state index is 0.172. The highest BCUT2D eigenvalue weighted by atomic mass is 35.5. The maximum atomic E-state index is 12.3. The second-order valence-electron chi connectivity index (χ2n) is 6.09. The zero-order chi connectivity index (χ0) is 20.1. The molecule has 0 fully saturated rings. The van der Waals surface area contributed by atoms with E-state index in [2.05, 4.69) is 10.4 Å². The fraction of sp³-hybridized carbons (Fsp3) is 0.0952. The van der Waals surface area contributed by atoms with Crippen molar-refractivity contribution < 1.29 is 14.7 Å². The molecule has 6 nitrogen and oxygen atoms in total. The highest BCUT2D eigenvalue weighted by molar-refractivity contribution is 6.31. The molecule has 28 heavy (non-hydrogen) atoms. The lowest BCUT2D eigenvalue weighted by Gasteiger charge is -2.07. The quantitative estimate of drug-likeness (QED) is 0.615. The number of hydrogen-bond acceptors (Lipinski definition) is 3. The molecule has 1 heterocycles. The Balaban J connectivity index is 1.79. The lowest BCUT2D eigenvalue weighted by atomic mass is 10.1. The maximum absolute atomic E-state index is 12.3. The summed E-state index contributed by atoms with van der Waals surface area (Å²) in [5, 5.41) is 16.5. The van der Waals surface area contributed by atoms with Crippen LogP contribution in [0.5, 0.6) is 0 Å². The van der Waals surface area contributed by atoms with E-state index >= 15 is 0 Å². The van der Waals surface area contributed by atoms with Crippen LogP contribution in [-0.4, -0.2) is 26.8 Å². The van der Waals surface area contributed by atoms with Crippen LogP contribution in [0, 0.1) is 6.92 Å². The number of aryl methyl sites for hydroxylation is 1. The van der Waals surface area contributed by atoms with Gasteiger partial charge in [0.05, 0.1) is 17.8 Å². The molecule has 0 saturated carbocycles. The molecule has 3 rings (SSSR count). The average molecular weight is 396 g/mol. The van der Waals surface area contributed by atoms with Gasteiger partial charge in [-0.3, -0.25) is 9.59 Å². The van der Waals surface area contributed by atoms with Crippen molar-refractivity contribution in [2.75, 3.05) is 5.32 Å². The summed E-state index contributed by atoms with van der Waals surface area (Å²) in [6.45, 7) is 1.81. The van der Waals surface area contributed by atoms with Crippen molar-refractivity contribution in [1.82, 2.24) is 9.78 Å². The SMILES string of the molecule is Cc1nn(-c2ccccc2)c(Cl)c1/C=C/C(=O)Nc1ccccc1CC(=O)O. The van der Waals surface area contributed by atoms with E-state index in [0.717, 1.165) is 5.69 Å². The molecule has 0 unspecified atom stereocenters. The van der Waals surface area contributed by atoms with Gasteiger partial charge in [0, 0.05) is 17.3 Å². The normalized spacial score (nSPS) is 10.9. The smallest absolute Gasteiger partial charge is 0.307 e. The Hall–Kier alpha value is -3.38. The van der Waals surface area contributed by atoms with E-state index in [1.54, 1.807) is 35.0 Å². The van der Waals surface area contributed by atoms with Gasteiger partial charge < -0.3 is 10.4 Å². The first-order chi connectivity index (χ1) is 13.5. The van der Waals surface area contributed by atoms with Crippen molar-refractivity contribution in [2.24, 2.45) is 0 Å². The van der Waals surface area contributed by atoms with Crippen LogP contribution in [0.2, 0.25) is 5.15 Å². The van der Waals surface area contributed by atoms with Crippen LogP contribution in [0.3, 0.4) is 0 Å². The van der Waals surface area contributed by atoms with E-state index in [9.17, 15) is 9.59 Å². The summed E-state index contributed by atoms with van der Waals surface area (Å²) in [7, 11) is 0. The first-order valence-corrected chi connectivity index (χ1v) is 8.93. The first-order valence-electron chi connectivity index (χ1n) is 8.55. The zero-order valence-corrected chi connectivity index (χ0v) is 15.8. The monoisotopic (exact) mass is 395 g/mol. The number of rotatable bonds is 6. The van der Waals surface area contributed by atoms with Crippen LogP contribution in [0.1, 0.15) is 16.8 Å². The third-order valence-corrected chi connectivity index (χ3v) is 4.43. The molecule has 0 atom stereocenters. The second kappa shape index (κ2) is 8.54. The summed E-state index contributed by atoms with van der Waals surface area (Å²) < 4.78 is 1.61. The number of aromatic nitrogens is 2. The third-order valence-electron chi connectivity index (χ3n) is 4.07. The summed E-state index contributed by atoms with van der Waals surface area (Å²) in [4.78, 5) is 23.3. The lowest BCUT2D eigenvalue weighted by molar-refractivity contribution is -0.136.